The second-order valence-corrected chi connectivity index (χ2v) is 5.71. The van der Waals surface area contributed by atoms with E-state index in [1.54, 1.807) is 22.3 Å². The maximum atomic E-state index is 10.8. The van der Waals surface area contributed by atoms with Crippen molar-refractivity contribution >= 4 is 40.1 Å². The molecule has 0 amide bonds. The minimum Gasteiger partial charge on any atom is -0.477 e. The summed E-state index contributed by atoms with van der Waals surface area (Å²) in [5, 5.41) is 16.5. The molecule has 1 N–H and O–H groups in total. The van der Waals surface area contributed by atoms with Gasteiger partial charge in [0.1, 0.15) is 16.2 Å². The van der Waals surface area contributed by atoms with Gasteiger partial charge >= 0.3 is 5.97 Å². The van der Waals surface area contributed by atoms with Gasteiger partial charge in [0.2, 0.25) is 0 Å². The van der Waals surface area contributed by atoms with E-state index in [2.05, 4.69) is 15.1 Å². The zero-order valence-electron chi connectivity index (χ0n) is 9.77. The molecule has 3 rings (SSSR count). The molecule has 0 aliphatic rings. The fourth-order valence-electron chi connectivity index (χ4n) is 1.62. The molecule has 3 aromatic rings. The van der Waals surface area contributed by atoms with Crippen LogP contribution in [0, 0.1) is 0 Å². The van der Waals surface area contributed by atoms with E-state index in [0.29, 0.717) is 4.88 Å². The third-order valence-electron chi connectivity index (χ3n) is 2.49. The number of fused-ring (bicyclic) bond motifs is 1. The van der Waals surface area contributed by atoms with Crippen molar-refractivity contribution in [3.8, 4) is 0 Å². The van der Waals surface area contributed by atoms with Crippen molar-refractivity contribution < 1.29 is 9.90 Å². The molecule has 0 saturated heterocycles. The number of thiophene rings is 1. The number of aromatic nitrogens is 4. The average molecular weight is 292 g/mol. The Balaban J connectivity index is 1.98. The Kier molecular flexibility index (Phi) is 2.96. The number of carboxylic acids is 1. The predicted molar refractivity (Wildman–Crippen MR) is 71.7 cm³/mol. The quantitative estimate of drug-likeness (QED) is 0.746. The highest BCUT2D eigenvalue weighted by Gasteiger charge is 2.12. The summed E-state index contributed by atoms with van der Waals surface area (Å²) in [5.74, 6) is -0.911. The summed E-state index contributed by atoms with van der Waals surface area (Å²) in [6.45, 7) is 0. The van der Waals surface area contributed by atoms with E-state index in [9.17, 15) is 4.79 Å². The lowest BCUT2D eigenvalue weighted by Crippen LogP contribution is -1.92. The summed E-state index contributed by atoms with van der Waals surface area (Å²) in [6, 6.07) is 1.64. The summed E-state index contributed by atoms with van der Waals surface area (Å²) in [6.07, 6.45) is 3.19. The van der Waals surface area contributed by atoms with E-state index < -0.39 is 5.97 Å². The molecule has 0 unspecified atom stereocenters. The van der Waals surface area contributed by atoms with Crippen LogP contribution in [0.1, 0.15) is 9.67 Å². The third kappa shape index (κ3) is 2.20. The van der Waals surface area contributed by atoms with Crippen molar-refractivity contribution in [2.75, 3.05) is 0 Å². The summed E-state index contributed by atoms with van der Waals surface area (Å²) in [4.78, 5) is 20.4. The second kappa shape index (κ2) is 4.63. The SMILES string of the molecule is Cn1ncc2c(Sc3csc(C(=O)O)c3)ncnc21. The number of carbonyl (C=O) groups is 1. The van der Waals surface area contributed by atoms with Crippen LogP contribution in [0.15, 0.2) is 33.9 Å². The van der Waals surface area contributed by atoms with Crippen LogP contribution in [-0.2, 0) is 7.05 Å². The van der Waals surface area contributed by atoms with Crippen molar-refractivity contribution in [1.82, 2.24) is 19.7 Å². The molecule has 0 aromatic carbocycles. The zero-order valence-corrected chi connectivity index (χ0v) is 11.4. The first kappa shape index (κ1) is 12.1. The minimum absolute atomic E-state index is 0.319. The molecule has 0 radical (unpaired) electrons. The maximum absolute atomic E-state index is 10.8. The number of hydrogen-bond donors (Lipinski definition) is 1. The maximum Gasteiger partial charge on any atom is 0.345 e. The van der Waals surface area contributed by atoms with Gasteiger partial charge in [0, 0.05) is 17.3 Å². The molecule has 96 valence electrons. The first-order valence-electron chi connectivity index (χ1n) is 5.27. The van der Waals surface area contributed by atoms with Gasteiger partial charge in [0.15, 0.2) is 5.65 Å². The zero-order chi connectivity index (χ0) is 13.4. The Morgan fingerprint density at radius 2 is 2.32 bits per heavy atom. The van der Waals surface area contributed by atoms with Gasteiger partial charge in [-0.1, -0.05) is 11.8 Å². The molecule has 0 fully saturated rings. The number of carboxylic acid groups (broad SMARTS) is 1. The standard InChI is InChI=1S/C11H8N4O2S2/c1-15-9-7(3-14-15)10(13-5-12-9)19-6-2-8(11(16)17)18-4-6/h2-5H,1H3,(H,16,17). The molecule has 0 aliphatic carbocycles. The van der Waals surface area contributed by atoms with E-state index in [0.717, 1.165) is 21.0 Å². The van der Waals surface area contributed by atoms with Crippen molar-refractivity contribution in [2.24, 2.45) is 7.05 Å². The van der Waals surface area contributed by atoms with Crippen molar-refractivity contribution in [3.05, 3.63) is 28.8 Å². The first-order valence-corrected chi connectivity index (χ1v) is 6.97. The molecular formula is C11H8N4O2S2. The van der Waals surface area contributed by atoms with Gasteiger partial charge in [-0.15, -0.1) is 11.3 Å². The highest BCUT2D eigenvalue weighted by atomic mass is 32.2. The van der Waals surface area contributed by atoms with Gasteiger partial charge in [-0.25, -0.2) is 14.8 Å². The van der Waals surface area contributed by atoms with E-state index in [1.807, 2.05) is 7.05 Å². The average Bonchev–Trinajstić information content (AvgIpc) is 2.98. The molecule has 0 saturated carbocycles. The van der Waals surface area contributed by atoms with Crippen LogP contribution in [0.5, 0.6) is 0 Å². The topological polar surface area (TPSA) is 80.9 Å². The number of hydrogen-bond acceptors (Lipinski definition) is 6. The molecular weight excluding hydrogens is 284 g/mol. The number of aromatic carboxylic acids is 1. The Morgan fingerprint density at radius 1 is 1.47 bits per heavy atom. The molecule has 6 nitrogen and oxygen atoms in total. The van der Waals surface area contributed by atoms with Crippen molar-refractivity contribution in [3.63, 3.8) is 0 Å². The fraction of sp³-hybridized carbons (Fsp3) is 0.0909. The van der Waals surface area contributed by atoms with Crippen LogP contribution in [0.4, 0.5) is 0 Å². The normalized spacial score (nSPS) is 11.0. The number of nitrogens with zero attached hydrogens (tertiary/aromatic N) is 4. The molecule has 3 aromatic heterocycles. The lowest BCUT2D eigenvalue weighted by Gasteiger charge is -1.99. The van der Waals surface area contributed by atoms with Crippen LogP contribution < -0.4 is 0 Å². The van der Waals surface area contributed by atoms with Gasteiger partial charge in [-0.3, -0.25) is 4.68 Å². The Labute approximate surface area is 116 Å². The Morgan fingerprint density at radius 3 is 3.05 bits per heavy atom. The van der Waals surface area contributed by atoms with Crippen LogP contribution in [-0.4, -0.2) is 30.8 Å². The highest BCUT2D eigenvalue weighted by Crippen LogP contribution is 2.33. The second-order valence-electron chi connectivity index (χ2n) is 3.74. The van der Waals surface area contributed by atoms with Gasteiger partial charge < -0.3 is 5.11 Å². The molecule has 0 spiro atoms. The van der Waals surface area contributed by atoms with Crippen molar-refractivity contribution in [1.29, 1.82) is 0 Å². The predicted octanol–water partition coefficient (Wildman–Crippen LogP) is 2.27. The molecule has 3 heterocycles. The minimum atomic E-state index is -0.911. The first-order chi connectivity index (χ1) is 9.15. The largest absolute Gasteiger partial charge is 0.477 e. The smallest absolute Gasteiger partial charge is 0.345 e. The molecule has 0 aliphatic heterocycles. The van der Waals surface area contributed by atoms with Gasteiger partial charge in [0.05, 0.1) is 11.6 Å². The van der Waals surface area contributed by atoms with E-state index in [4.69, 9.17) is 5.11 Å². The van der Waals surface area contributed by atoms with E-state index in [1.165, 1.54) is 29.4 Å². The van der Waals surface area contributed by atoms with Gasteiger partial charge in [-0.05, 0) is 6.07 Å². The summed E-state index contributed by atoms with van der Waals surface area (Å²) in [5.41, 5.74) is 0.756. The number of rotatable bonds is 3. The van der Waals surface area contributed by atoms with E-state index in [-0.39, 0.29) is 0 Å². The third-order valence-corrected chi connectivity index (χ3v) is 4.55. The Hall–Kier alpha value is -1.93. The molecule has 0 atom stereocenters. The summed E-state index contributed by atoms with van der Waals surface area (Å²) < 4.78 is 1.68. The lowest BCUT2D eigenvalue weighted by molar-refractivity contribution is 0.0702. The molecule has 0 bridgehead atoms. The monoisotopic (exact) mass is 292 g/mol. The molecule has 8 heteroatoms. The number of aryl methyl sites for hydroxylation is 1. The van der Waals surface area contributed by atoms with Crippen LogP contribution in [0.25, 0.3) is 11.0 Å². The van der Waals surface area contributed by atoms with Gasteiger partial charge in [-0.2, -0.15) is 5.10 Å². The lowest BCUT2D eigenvalue weighted by atomic mass is 10.4. The summed E-state index contributed by atoms with van der Waals surface area (Å²) in [7, 11) is 1.82. The Bertz CT molecular complexity index is 765. The van der Waals surface area contributed by atoms with Crippen LogP contribution >= 0.6 is 23.1 Å². The van der Waals surface area contributed by atoms with Crippen LogP contribution in [0.3, 0.4) is 0 Å². The van der Waals surface area contributed by atoms with Crippen LogP contribution in [0.2, 0.25) is 0 Å². The summed E-state index contributed by atoms with van der Waals surface area (Å²) >= 11 is 2.61. The van der Waals surface area contributed by atoms with Gasteiger partial charge in [0.25, 0.3) is 0 Å². The fourth-order valence-corrected chi connectivity index (χ4v) is 3.39. The highest BCUT2D eigenvalue weighted by molar-refractivity contribution is 7.99. The van der Waals surface area contributed by atoms with E-state index >= 15 is 0 Å². The molecule has 19 heavy (non-hydrogen) atoms. The van der Waals surface area contributed by atoms with Crippen molar-refractivity contribution in [2.45, 2.75) is 9.92 Å².